The average Bonchev–Trinajstić information content (AvgIpc) is 2.88. The number of nitrogens with one attached hydrogen (secondary N) is 1. The zero-order chi connectivity index (χ0) is 9.26. The first-order valence-corrected chi connectivity index (χ1v) is 5.09. The minimum Gasteiger partial charge on any atom is -0.353 e. The molecular formula is C10H17N3. The zero-order valence-corrected chi connectivity index (χ0v) is 8.33. The lowest BCUT2D eigenvalue weighted by Crippen LogP contribution is -2.20. The van der Waals surface area contributed by atoms with E-state index in [1.807, 2.05) is 12.4 Å². The number of aromatic nitrogens is 2. The van der Waals surface area contributed by atoms with Gasteiger partial charge in [0.05, 0.1) is 0 Å². The van der Waals surface area contributed by atoms with Crippen molar-refractivity contribution < 1.29 is 0 Å². The van der Waals surface area contributed by atoms with Crippen molar-refractivity contribution in [2.24, 2.45) is 5.92 Å². The fourth-order valence-corrected chi connectivity index (χ4v) is 1.62. The van der Waals surface area contributed by atoms with Crippen LogP contribution in [0.25, 0.3) is 0 Å². The first kappa shape index (κ1) is 8.60. The Bertz CT molecular complexity index is 275. The maximum absolute atomic E-state index is 4.29. The Balaban J connectivity index is 1.99. The van der Waals surface area contributed by atoms with Crippen molar-refractivity contribution in [1.82, 2.24) is 9.55 Å². The summed E-state index contributed by atoms with van der Waals surface area (Å²) in [6.45, 7) is 5.36. The average molecular weight is 179 g/mol. The molecule has 0 aliphatic heterocycles. The van der Waals surface area contributed by atoms with Crippen molar-refractivity contribution in [2.75, 3.05) is 5.32 Å². The molecule has 1 saturated carbocycles. The van der Waals surface area contributed by atoms with E-state index >= 15 is 0 Å². The number of imidazole rings is 1. The molecule has 1 N–H and O–H groups in total. The summed E-state index contributed by atoms with van der Waals surface area (Å²) in [5.74, 6) is 1.89. The first-order chi connectivity index (χ1) is 6.31. The number of rotatable bonds is 4. The third-order valence-electron chi connectivity index (χ3n) is 2.74. The monoisotopic (exact) mass is 179 g/mol. The van der Waals surface area contributed by atoms with E-state index in [9.17, 15) is 0 Å². The quantitative estimate of drug-likeness (QED) is 0.767. The molecule has 0 amide bonds. The minimum absolute atomic E-state index is 0.577. The Kier molecular flexibility index (Phi) is 2.25. The minimum atomic E-state index is 0.577. The lowest BCUT2D eigenvalue weighted by atomic mass is 10.2. The van der Waals surface area contributed by atoms with Gasteiger partial charge in [0, 0.05) is 25.0 Å². The van der Waals surface area contributed by atoms with Crippen LogP contribution < -0.4 is 5.32 Å². The predicted molar refractivity (Wildman–Crippen MR) is 53.7 cm³/mol. The molecular weight excluding hydrogens is 162 g/mol. The van der Waals surface area contributed by atoms with E-state index in [0.29, 0.717) is 6.04 Å². The summed E-state index contributed by atoms with van der Waals surface area (Å²) in [5, 5.41) is 3.46. The topological polar surface area (TPSA) is 29.9 Å². The van der Waals surface area contributed by atoms with Gasteiger partial charge in [-0.15, -0.1) is 0 Å². The third-order valence-corrected chi connectivity index (χ3v) is 2.74. The van der Waals surface area contributed by atoms with E-state index in [0.717, 1.165) is 18.4 Å². The molecule has 0 radical (unpaired) electrons. The van der Waals surface area contributed by atoms with Crippen LogP contribution in [0.5, 0.6) is 0 Å². The van der Waals surface area contributed by atoms with Crippen molar-refractivity contribution in [3.8, 4) is 0 Å². The van der Waals surface area contributed by atoms with Gasteiger partial charge in [-0.05, 0) is 32.6 Å². The Morgan fingerprint density at radius 1 is 1.69 bits per heavy atom. The zero-order valence-electron chi connectivity index (χ0n) is 8.33. The van der Waals surface area contributed by atoms with Gasteiger partial charge in [-0.3, -0.25) is 0 Å². The lowest BCUT2D eigenvalue weighted by Gasteiger charge is -2.14. The van der Waals surface area contributed by atoms with Crippen LogP contribution >= 0.6 is 0 Å². The molecule has 1 aromatic rings. The maximum atomic E-state index is 4.29. The first-order valence-electron chi connectivity index (χ1n) is 5.09. The van der Waals surface area contributed by atoms with Crippen LogP contribution in [0.2, 0.25) is 0 Å². The fourth-order valence-electron chi connectivity index (χ4n) is 1.62. The van der Waals surface area contributed by atoms with Gasteiger partial charge in [0.1, 0.15) is 0 Å². The molecule has 0 saturated heterocycles. The van der Waals surface area contributed by atoms with Crippen molar-refractivity contribution >= 4 is 5.95 Å². The van der Waals surface area contributed by atoms with Crippen LogP contribution in [0.3, 0.4) is 0 Å². The van der Waals surface area contributed by atoms with E-state index in [1.54, 1.807) is 0 Å². The van der Waals surface area contributed by atoms with Crippen LogP contribution in [0.4, 0.5) is 5.95 Å². The van der Waals surface area contributed by atoms with Gasteiger partial charge in [-0.25, -0.2) is 4.98 Å². The van der Waals surface area contributed by atoms with Gasteiger partial charge in [0.15, 0.2) is 0 Å². The summed E-state index contributed by atoms with van der Waals surface area (Å²) in [5.41, 5.74) is 0. The van der Waals surface area contributed by atoms with Crippen LogP contribution in [-0.4, -0.2) is 15.6 Å². The molecule has 1 aliphatic carbocycles. The Morgan fingerprint density at radius 2 is 2.46 bits per heavy atom. The number of hydrogen-bond donors (Lipinski definition) is 1. The van der Waals surface area contributed by atoms with E-state index < -0.39 is 0 Å². The van der Waals surface area contributed by atoms with Crippen LogP contribution in [-0.2, 0) is 6.54 Å². The standard InChI is InChI=1S/C10H17N3/c1-3-13-7-6-11-10(13)12-8(2)9-4-5-9/h6-9H,3-5H2,1-2H3,(H,11,12). The molecule has 13 heavy (non-hydrogen) atoms. The van der Waals surface area contributed by atoms with E-state index in [1.165, 1.54) is 12.8 Å². The molecule has 3 heteroatoms. The molecule has 1 atom stereocenters. The Morgan fingerprint density at radius 3 is 3.08 bits per heavy atom. The summed E-state index contributed by atoms with van der Waals surface area (Å²) in [7, 11) is 0. The van der Waals surface area contributed by atoms with Gasteiger partial charge >= 0.3 is 0 Å². The number of nitrogens with zero attached hydrogens (tertiary/aromatic N) is 2. The van der Waals surface area contributed by atoms with Crippen LogP contribution in [0.1, 0.15) is 26.7 Å². The fraction of sp³-hybridized carbons (Fsp3) is 0.700. The molecule has 0 bridgehead atoms. The molecule has 3 nitrogen and oxygen atoms in total. The second-order valence-electron chi connectivity index (χ2n) is 3.81. The van der Waals surface area contributed by atoms with Gasteiger partial charge < -0.3 is 9.88 Å². The molecule has 1 unspecified atom stereocenters. The number of aryl methyl sites for hydroxylation is 1. The number of anilines is 1. The summed E-state index contributed by atoms with van der Waals surface area (Å²) >= 11 is 0. The summed E-state index contributed by atoms with van der Waals surface area (Å²) in [4.78, 5) is 4.29. The van der Waals surface area contributed by atoms with Gasteiger partial charge in [0.25, 0.3) is 0 Å². The molecule has 1 aromatic heterocycles. The SMILES string of the molecule is CCn1ccnc1NC(C)C1CC1. The molecule has 0 aromatic carbocycles. The highest BCUT2D eigenvalue weighted by atomic mass is 15.2. The second kappa shape index (κ2) is 3.40. The van der Waals surface area contributed by atoms with Crippen molar-refractivity contribution in [3.05, 3.63) is 12.4 Å². The highest BCUT2D eigenvalue weighted by molar-refractivity contribution is 5.28. The van der Waals surface area contributed by atoms with Gasteiger partial charge in [-0.2, -0.15) is 0 Å². The van der Waals surface area contributed by atoms with Crippen molar-refractivity contribution in [1.29, 1.82) is 0 Å². The van der Waals surface area contributed by atoms with E-state index in [-0.39, 0.29) is 0 Å². The van der Waals surface area contributed by atoms with Crippen LogP contribution in [0.15, 0.2) is 12.4 Å². The Hall–Kier alpha value is -0.990. The number of hydrogen-bond acceptors (Lipinski definition) is 2. The largest absolute Gasteiger partial charge is 0.353 e. The smallest absolute Gasteiger partial charge is 0.202 e. The molecule has 1 heterocycles. The lowest BCUT2D eigenvalue weighted by molar-refractivity contribution is 0.667. The molecule has 2 rings (SSSR count). The van der Waals surface area contributed by atoms with Crippen molar-refractivity contribution in [3.63, 3.8) is 0 Å². The molecule has 1 fully saturated rings. The van der Waals surface area contributed by atoms with Crippen LogP contribution in [0, 0.1) is 5.92 Å². The predicted octanol–water partition coefficient (Wildman–Crippen LogP) is 2.11. The van der Waals surface area contributed by atoms with E-state index in [2.05, 4.69) is 28.7 Å². The van der Waals surface area contributed by atoms with Gasteiger partial charge in [0.2, 0.25) is 5.95 Å². The Labute approximate surface area is 79.2 Å². The highest BCUT2D eigenvalue weighted by Gasteiger charge is 2.28. The molecule has 1 aliphatic rings. The highest BCUT2D eigenvalue weighted by Crippen LogP contribution is 2.33. The third kappa shape index (κ3) is 1.85. The second-order valence-corrected chi connectivity index (χ2v) is 3.81. The van der Waals surface area contributed by atoms with Crippen molar-refractivity contribution in [2.45, 2.75) is 39.3 Å². The molecule has 72 valence electrons. The molecule has 0 spiro atoms. The summed E-state index contributed by atoms with van der Waals surface area (Å²) in [6.07, 6.45) is 6.62. The summed E-state index contributed by atoms with van der Waals surface area (Å²) < 4.78 is 2.14. The maximum Gasteiger partial charge on any atom is 0.202 e. The van der Waals surface area contributed by atoms with E-state index in [4.69, 9.17) is 0 Å². The van der Waals surface area contributed by atoms with Gasteiger partial charge in [-0.1, -0.05) is 0 Å². The normalized spacial score (nSPS) is 18.6. The summed E-state index contributed by atoms with van der Waals surface area (Å²) in [6, 6.07) is 0.577.